The van der Waals surface area contributed by atoms with Crippen molar-refractivity contribution in [2.75, 3.05) is 26.9 Å². The maximum atomic E-state index is 6.22. The van der Waals surface area contributed by atoms with E-state index in [4.69, 9.17) is 19.9 Å². The molecule has 0 unspecified atom stereocenters. The predicted octanol–water partition coefficient (Wildman–Crippen LogP) is 3.02. The Morgan fingerprint density at radius 2 is 1.91 bits per heavy atom. The molecular weight excluding hydrogens is 278 g/mol. The second-order valence-electron chi connectivity index (χ2n) is 6.49. The first-order valence-electron chi connectivity index (χ1n) is 8.40. The first-order valence-corrected chi connectivity index (χ1v) is 8.40. The first-order chi connectivity index (χ1) is 10.8. The molecule has 0 aromatic heterocycles. The van der Waals surface area contributed by atoms with Crippen LogP contribution in [0.25, 0.3) is 0 Å². The average molecular weight is 305 g/mol. The minimum Gasteiger partial charge on any atom is -0.493 e. The van der Waals surface area contributed by atoms with Gasteiger partial charge in [-0.3, -0.25) is 0 Å². The van der Waals surface area contributed by atoms with Crippen LogP contribution in [-0.4, -0.2) is 33.0 Å². The van der Waals surface area contributed by atoms with Crippen molar-refractivity contribution in [1.82, 2.24) is 0 Å². The third-order valence-electron chi connectivity index (χ3n) is 5.19. The van der Waals surface area contributed by atoms with Crippen LogP contribution in [-0.2, 0) is 10.2 Å². The maximum Gasteiger partial charge on any atom is 0.161 e. The fourth-order valence-corrected chi connectivity index (χ4v) is 3.73. The van der Waals surface area contributed by atoms with Crippen molar-refractivity contribution < 1.29 is 14.2 Å². The molecule has 22 heavy (non-hydrogen) atoms. The summed E-state index contributed by atoms with van der Waals surface area (Å²) in [6.45, 7) is 2.26. The van der Waals surface area contributed by atoms with E-state index in [0.29, 0.717) is 6.54 Å². The summed E-state index contributed by atoms with van der Waals surface area (Å²) < 4.78 is 17.1. The van der Waals surface area contributed by atoms with Gasteiger partial charge in [0.1, 0.15) is 6.10 Å². The quantitative estimate of drug-likeness (QED) is 0.908. The van der Waals surface area contributed by atoms with Crippen molar-refractivity contribution >= 4 is 0 Å². The van der Waals surface area contributed by atoms with Gasteiger partial charge in [0, 0.05) is 24.8 Å². The van der Waals surface area contributed by atoms with Crippen LogP contribution in [0.3, 0.4) is 0 Å². The lowest BCUT2D eigenvalue weighted by Gasteiger charge is -2.30. The van der Waals surface area contributed by atoms with E-state index in [2.05, 4.69) is 12.1 Å². The highest BCUT2D eigenvalue weighted by molar-refractivity contribution is 5.46. The van der Waals surface area contributed by atoms with Crippen LogP contribution in [0.1, 0.15) is 44.1 Å². The van der Waals surface area contributed by atoms with Gasteiger partial charge in [0.25, 0.3) is 0 Å². The van der Waals surface area contributed by atoms with Gasteiger partial charge < -0.3 is 19.9 Å². The van der Waals surface area contributed by atoms with Crippen molar-refractivity contribution in [2.24, 2.45) is 5.73 Å². The largest absolute Gasteiger partial charge is 0.493 e. The predicted molar refractivity (Wildman–Crippen MR) is 86.7 cm³/mol. The minimum atomic E-state index is 0.125. The number of ether oxygens (including phenoxy) is 3. The second kappa shape index (κ2) is 6.88. The van der Waals surface area contributed by atoms with Gasteiger partial charge in [0.05, 0.1) is 20.3 Å². The van der Waals surface area contributed by atoms with Crippen LogP contribution in [0, 0.1) is 0 Å². The van der Waals surface area contributed by atoms with Gasteiger partial charge in [-0.25, -0.2) is 0 Å². The van der Waals surface area contributed by atoms with E-state index < -0.39 is 0 Å². The van der Waals surface area contributed by atoms with E-state index >= 15 is 0 Å². The summed E-state index contributed by atoms with van der Waals surface area (Å²) in [5.41, 5.74) is 7.54. The topological polar surface area (TPSA) is 53.7 Å². The highest BCUT2D eigenvalue weighted by Crippen LogP contribution is 2.43. The molecule has 2 fully saturated rings. The molecule has 3 rings (SSSR count). The summed E-state index contributed by atoms with van der Waals surface area (Å²) in [6.07, 6.45) is 6.97. The lowest BCUT2D eigenvalue weighted by Crippen LogP contribution is -2.32. The molecule has 1 heterocycles. The molecule has 2 N–H and O–H groups in total. The Bertz CT molecular complexity index is 491. The molecule has 1 aromatic carbocycles. The number of hydrogen-bond donors (Lipinski definition) is 1. The molecule has 1 aliphatic carbocycles. The van der Waals surface area contributed by atoms with E-state index in [-0.39, 0.29) is 11.5 Å². The van der Waals surface area contributed by atoms with Crippen molar-refractivity contribution in [3.63, 3.8) is 0 Å². The molecule has 4 nitrogen and oxygen atoms in total. The summed E-state index contributed by atoms with van der Waals surface area (Å²) in [6, 6.07) is 6.35. The average Bonchev–Trinajstić information content (AvgIpc) is 3.06. The number of methoxy groups -OCH3 is 1. The van der Waals surface area contributed by atoms with Gasteiger partial charge in [0.2, 0.25) is 0 Å². The van der Waals surface area contributed by atoms with Gasteiger partial charge >= 0.3 is 0 Å². The zero-order valence-corrected chi connectivity index (χ0v) is 13.5. The van der Waals surface area contributed by atoms with Gasteiger partial charge in [-0.2, -0.15) is 0 Å². The Morgan fingerprint density at radius 3 is 2.55 bits per heavy atom. The molecule has 0 radical (unpaired) electrons. The Morgan fingerprint density at radius 1 is 1.18 bits per heavy atom. The Kier molecular flexibility index (Phi) is 4.89. The van der Waals surface area contributed by atoms with Crippen LogP contribution >= 0.6 is 0 Å². The SMILES string of the molecule is COc1ccc(C2(CN)CCCC2)cc1OC1CCOCC1. The molecule has 0 atom stereocenters. The third-order valence-corrected chi connectivity index (χ3v) is 5.19. The fraction of sp³-hybridized carbons (Fsp3) is 0.667. The highest BCUT2D eigenvalue weighted by atomic mass is 16.5. The molecule has 1 saturated carbocycles. The smallest absolute Gasteiger partial charge is 0.161 e. The zero-order chi connectivity index (χ0) is 15.4. The Labute approximate surface area is 132 Å². The molecular formula is C18H27NO3. The molecule has 1 aromatic rings. The molecule has 1 saturated heterocycles. The van der Waals surface area contributed by atoms with Gasteiger partial charge in [-0.05, 0) is 30.5 Å². The third kappa shape index (κ3) is 3.08. The molecule has 1 aliphatic heterocycles. The Balaban J connectivity index is 1.85. The van der Waals surface area contributed by atoms with Crippen LogP contribution in [0.15, 0.2) is 18.2 Å². The van der Waals surface area contributed by atoms with E-state index in [9.17, 15) is 0 Å². The molecule has 4 heteroatoms. The monoisotopic (exact) mass is 305 g/mol. The number of nitrogens with two attached hydrogens (primary N) is 1. The van der Waals surface area contributed by atoms with Crippen LogP contribution in [0.5, 0.6) is 11.5 Å². The van der Waals surface area contributed by atoms with Crippen LogP contribution < -0.4 is 15.2 Å². The zero-order valence-electron chi connectivity index (χ0n) is 13.5. The summed E-state index contributed by atoms with van der Waals surface area (Å²) in [5.74, 6) is 1.66. The van der Waals surface area contributed by atoms with E-state index in [1.807, 2.05) is 6.07 Å². The Hall–Kier alpha value is -1.26. The normalized spacial score (nSPS) is 21.7. The first kappa shape index (κ1) is 15.6. The van der Waals surface area contributed by atoms with Crippen molar-refractivity contribution in [3.8, 4) is 11.5 Å². The van der Waals surface area contributed by atoms with Crippen molar-refractivity contribution in [2.45, 2.75) is 50.0 Å². The lowest BCUT2D eigenvalue weighted by atomic mass is 9.79. The van der Waals surface area contributed by atoms with Gasteiger partial charge in [0.15, 0.2) is 11.5 Å². The molecule has 0 spiro atoms. The molecule has 122 valence electrons. The molecule has 0 amide bonds. The van der Waals surface area contributed by atoms with Crippen molar-refractivity contribution in [3.05, 3.63) is 23.8 Å². The van der Waals surface area contributed by atoms with Crippen LogP contribution in [0.2, 0.25) is 0 Å². The second-order valence-corrected chi connectivity index (χ2v) is 6.49. The summed E-state index contributed by atoms with van der Waals surface area (Å²) in [5, 5.41) is 0. The van der Waals surface area contributed by atoms with Gasteiger partial charge in [-0.15, -0.1) is 0 Å². The number of rotatable bonds is 5. The minimum absolute atomic E-state index is 0.125. The lowest BCUT2D eigenvalue weighted by molar-refractivity contribution is 0.0245. The maximum absolute atomic E-state index is 6.22. The number of hydrogen-bond acceptors (Lipinski definition) is 4. The van der Waals surface area contributed by atoms with Gasteiger partial charge in [-0.1, -0.05) is 18.9 Å². The summed E-state index contributed by atoms with van der Waals surface area (Å²) in [7, 11) is 1.69. The summed E-state index contributed by atoms with van der Waals surface area (Å²) >= 11 is 0. The molecule has 0 bridgehead atoms. The summed E-state index contributed by atoms with van der Waals surface area (Å²) in [4.78, 5) is 0. The fourth-order valence-electron chi connectivity index (χ4n) is 3.73. The van der Waals surface area contributed by atoms with E-state index in [1.165, 1.54) is 31.2 Å². The van der Waals surface area contributed by atoms with E-state index in [1.54, 1.807) is 7.11 Å². The molecule has 2 aliphatic rings. The standard InChI is InChI=1S/C18H27NO3/c1-20-16-5-4-14(18(13-19)8-2-3-9-18)12-17(16)22-15-6-10-21-11-7-15/h4-5,12,15H,2-3,6-11,13,19H2,1H3. The highest BCUT2D eigenvalue weighted by Gasteiger charge is 2.35. The van der Waals surface area contributed by atoms with Crippen molar-refractivity contribution in [1.29, 1.82) is 0 Å². The van der Waals surface area contributed by atoms with E-state index in [0.717, 1.165) is 37.6 Å². The van der Waals surface area contributed by atoms with Crippen LogP contribution in [0.4, 0.5) is 0 Å². The number of benzene rings is 1.